The maximum Gasteiger partial charge on any atom is 0.0998 e. The van der Waals surface area contributed by atoms with Crippen LogP contribution in [-0.2, 0) is 0 Å². The number of hydrogen-bond acceptors (Lipinski definition) is 2. The lowest BCUT2D eigenvalue weighted by atomic mass is 9.96. The minimum Gasteiger partial charge on any atom is -0.309 e. The lowest BCUT2D eigenvalue weighted by molar-refractivity contribution is 1.18. The SMILES string of the molecule is N#Cc1ccc(-c2cccc(-c3ccc(-n4c5ccccc5c5ccccc54)cc3)c2)c(-n2c3ccccc3c3c(C#N)cccc32)c1. The maximum atomic E-state index is 9.99. The third kappa shape index (κ3) is 4.14. The fraction of sp³-hybridized carbons (Fsp3) is 0. The molecule has 9 rings (SSSR count). The van der Waals surface area contributed by atoms with E-state index < -0.39 is 0 Å². The lowest BCUT2D eigenvalue weighted by Crippen LogP contribution is -1.98. The van der Waals surface area contributed by atoms with Crippen molar-refractivity contribution >= 4 is 43.6 Å². The predicted octanol–water partition coefficient (Wildman–Crippen LogP) is 11.0. The van der Waals surface area contributed by atoms with Gasteiger partial charge in [-0.2, -0.15) is 10.5 Å². The molecule has 0 radical (unpaired) electrons. The molecule has 2 heterocycles. The van der Waals surface area contributed by atoms with Crippen LogP contribution in [-0.4, -0.2) is 9.13 Å². The molecule has 222 valence electrons. The van der Waals surface area contributed by atoms with Crippen molar-refractivity contribution in [3.05, 3.63) is 169 Å². The van der Waals surface area contributed by atoms with E-state index in [-0.39, 0.29) is 0 Å². The number of rotatable bonds is 4. The van der Waals surface area contributed by atoms with Gasteiger partial charge < -0.3 is 9.13 Å². The molecular weight excluding hydrogens is 585 g/mol. The highest BCUT2D eigenvalue weighted by Gasteiger charge is 2.19. The average Bonchev–Trinajstić information content (AvgIpc) is 3.68. The van der Waals surface area contributed by atoms with E-state index in [1.807, 2.05) is 48.5 Å². The van der Waals surface area contributed by atoms with Crippen LogP contribution in [0.15, 0.2) is 158 Å². The number of fused-ring (bicyclic) bond motifs is 6. The van der Waals surface area contributed by atoms with Gasteiger partial charge in [0.25, 0.3) is 0 Å². The first kappa shape index (κ1) is 27.4. The molecule has 0 fully saturated rings. The Bertz CT molecular complexity index is 2750. The molecule has 0 N–H and O–H groups in total. The minimum atomic E-state index is 0.577. The Kier molecular flexibility index (Phi) is 6.22. The third-order valence-electron chi connectivity index (χ3n) is 9.40. The largest absolute Gasteiger partial charge is 0.309 e. The van der Waals surface area contributed by atoms with Crippen LogP contribution >= 0.6 is 0 Å². The number of para-hydroxylation sites is 3. The van der Waals surface area contributed by atoms with Gasteiger partial charge in [-0.25, -0.2) is 0 Å². The summed E-state index contributed by atoms with van der Waals surface area (Å²) in [4.78, 5) is 0. The Morgan fingerprint density at radius 2 is 1.02 bits per heavy atom. The Hall–Kier alpha value is -6.88. The molecule has 0 spiro atoms. The van der Waals surface area contributed by atoms with E-state index in [2.05, 4.69) is 130 Å². The van der Waals surface area contributed by atoms with Gasteiger partial charge >= 0.3 is 0 Å². The van der Waals surface area contributed by atoms with Crippen LogP contribution in [0.2, 0.25) is 0 Å². The van der Waals surface area contributed by atoms with Crippen molar-refractivity contribution < 1.29 is 0 Å². The van der Waals surface area contributed by atoms with Crippen molar-refractivity contribution in [3.63, 3.8) is 0 Å². The molecule has 0 aliphatic rings. The molecule has 0 aliphatic heterocycles. The Morgan fingerprint density at radius 3 is 1.71 bits per heavy atom. The summed E-state index contributed by atoms with van der Waals surface area (Å²) in [6.45, 7) is 0. The lowest BCUT2D eigenvalue weighted by Gasteiger charge is -2.16. The van der Waals surface area contributed by atoms with E-state index >= 15 is 0 Å². The molecular formula is C44H26N4. The van der Waals surface area contributed by atoms with Gasteiger partial charge in [0.2, 0.25) is 0 Å². The Balaban J connectivity index is 1.18. The summed E-state index contributed by atoms with van der Waals surface area (Å²) < 4.78 is 4.52. The summed E-state index contributed by atoms with van der Waals surface area (Å²) in [6, 6.07) is 59.0. The van der Waals surface area contributed by atoms with Gasteiger partial charge in [-0.3, -0.25) is 0 Å². The van der Waals surface area contributed by atoms with Crippen molar-refractivity contribution in [3.8, 4) is 45.8 Å². The molecule has 0 amide bonds. The second-order valence-electron chi connectivity index (χ2n) is 12.0. The third-order valence-corrected chi connectivity index (χ3v) is 9.40. The van der Waals surface area contributed by atoms with Gasteiger partial charge in [0.1, 0.15) is 0 Å². The standard InChI is InChI=1S/C44H26N4/c45-27-29-19-24-35(43(25-29)48-41-17-6-3-14-38(41)44-33(28-46)11-8-18-42(44)48)32-10-7-9-31(26-32)30-20-22-34(23-21-30)47-39-15-4-1-12-36(39)37-13-2-5-16-40(37)47/h1-26H. The molecule has 2 aromatic heterocycles. The first-order valence-electron chi connectivity index (χ1n) is 15.9. The molecule has 0 saturated heterocycles. The number of benzene rings is 7. The zero-order valence-electron chi connectivity index (χ0n) is 25.8. The molecule has 48 heavy (non-hydrogen) atoms. The second kappa shape index (κ2) is 10.9. The van der Waals surface area contributed by atoms with Crippen molar-refractivity contribution in [1.29, 1.82) is 10.5 Å². The van der Waals surface area contributed by atoms with E-state index in [9.17, 15) is 10.5 Å². The highest BCUT2D eigenvalue weighted by atomic mass is 15.0. The number of nitrogens with zero attached hydrogens (tertiary/aromatic N) is 4. The number of aromatic nitrogens is 2. The van der Waals surface area contributed by atoms with E-state index in [0.717, 1.165) is 55.4 Å². The monoisotopic (exact) mass is 610 g/mol. The van der Waals surface area contributed by atoms with Crippen molar-refractivity contribution in [1.82, 2.24) is 9.13 Å². The molecule has 0 saturated carbocycles. The van der Waals surface area contributed by atoms with E-state index in [0.29, 0.717) is 11.1 Å². The number of nitriles is 2. The van der Waals surface area contributed by atoms with Crippen LogP contribution in [0.25, 0.3) is 77.2 Å². The fourth-order valence-corrected chi connectivity index (χ4v) is 7.27. The first-order chi connectivity index (χ1) is 23.7. The van der Waals surface area contributed by atoms with Crippen LogP contribution in [0.5, 0.6) is 0 Å². The highest BCUT2D eigenvalue weighted by Crippen LogP contribution is 2.39. The molecule has 0 aliphatic carbocycles. The second-order valence-corrected chi connectivity index (χ2v) is 12.0. The topological polar surface area (TPSA) is 57.4 Å². The Labute approximate surface area is 277 Å². The van der Waals surface area contributed by atoms with Crippen LogP contribution in [0, 0.1) is 22.7 Å². The fourth-order valence-electron chi connectivity index (χ4n) is 7.27. The van der Waals surface area contributed by atoms with Crippen molar-refractivity contribution in [2.45, 2.75) is 0 Å². The van der Waals surface area contributed by atoms with Crippen LogP contribution < -0.4 is 0 Å². The maximum absolute atomic E-state index is 9.99. The van der Waals surface area contributed by atoms with Crippen LogP contribution in [0.4, 0.5) is 0 Å². The van der Waals surface area contributed by atoms with Crippen molar-refractivity contribution in [2.24, 2.45) is 0 Å². The summed E-state index contributed by atoms with van der Waals surface area (Å²) in [5.74, 6) is 0. The highest BCUT2D eigenvalue weighted by molar-refractivity contribution is 6.12. The van der Waals surface area contributed by atoms with Gasteiger partial charge in [0, 0.05) is 32.8 Å². The van der Waals surface area contributed by atoms with Crippen LogP contribution in [0.1, 0.15) is 11.1 Å². The van der Waals surface area contributed by atoms with Gasteiger partial charge in [0.15, 0.2) is 0 Å². The summed E-state index contributed by atoms with van der Waals surface area (Å²) in [7, 11) is 0. The van der Waals surface area contributed by atoms with Gasteiger partial charge in [0.05, 0.1) is 51.0 Å². The Morgan fingerprint density at radius 1 is 0.417 bits per heavy atom. The predicted molar refractivity (Wildman–Crippen MR) is 195 cm³/mol. The van der Waals surface area contributed by atoms with E-state index in [1.165, 1.54) is 21.8 Å². The zero-order chi connectivity index (χ0) is 32.2. The molecule has 0 atom stereocenters. The molecule has 4 nitrogen and oxygen atoms in total. The van der Waals surface area contributed by atoms with Gasteiger partial charge in [-0.1, -0.05) is 97.1 Å². The summed E-state index contributed by atoms with van der Waals surface area (Å²) in [5, 5.41) is 24.3. The van der Waals surface area contributed by atoms with E-state index in [1.54, 1.807) is 0 Å². The molecule has 0 bridgehead atoms. The molecule has 9 aromatic rings. The smallest absolute Gasteiger partial charge is 0.0998 e. The quantitative estimate of drug-likeness (QED) is 0.199. The van der Waals surface area contributed by atoms with Gasteiger partial charge in [-0.15, -0.1) is 0 Å². The summed E-state index contributed by atoms with van der Waals surface area (Å²) in [5.41, 5.74) is 11.8. The zero-order valence-corrected chi connectivity index (χ0v) is 25.8. The van der Waals surface area contributed by atoms with Gasteiger partial charge in [-0.05, 0) is 77.4 Å². The van der Waals surface area contributed by atoms with Crippen molar-refractivity contribution in [2.75, 3.05) is 0 Å². The molecule has 7 aromatic carbocycles. The first-order valence-corrected chi connectivity index (χ1v) is 15.9. The average molecular weight is 611 g/mol. The minimum absolute atomic E-state index is 0.577. The van der Waals surface area contributed by atoms with Crippen LogP contribution in [0.3, 0.4) is 0 Å². The van der Waals surface area contributed by atoms with E-state index in [4.69, 9.17) is 0 Å². The molecule has 4 heteroatoms. The summed E-state index contributed by atoms with van der Waals surface area (Å²) in [6.07, 6.45) is 0. The molecule has 0 unspecified atom stereocenters. The summed E-state index contributed by atoms with van der Waals surface area (Å²) >= 11 is 0. The number of hydrogen-bond donors (Lipinski definition) is 0. The normalized spacial score (nSPS) is 11.3.